The van der Waals surface area contributed by atoms with Gasteiger partial charge in [0.2, 0.25) is 0 Å². The van der Waals surface area contributed by atoms with E-state index in [0.29, 0.717) is 4.78 Å². The van der Waals surface area contributed by atoms with Gasteiger partial charge in [-0.25, -0.2) is 0 Å². The van der Waals surface area contributed by atoms with Crippen LogP contribution in [0.25, 0.3) is 0 Å². The number of hydrogen-bond acceptors (Lipinski definition) is 4. The normalized spacial score (nSPS) is 9.94. The van der Waals surface area contributed by atoms with E-state index in [1.165, 1.54) is 24.5 Å². The van der Waals surface area contributed by atoms with Gasteiger partial charge in [0.05, 0.1) is 3.79 Å². The van der Waals surface area contributed by atoms with Crippen LogP contribution in [-0.4, -0.2) is 17.2 Å². The molecule has 0 amide bonds. The average molecular weight is 477 g/mol. The first-order valence-electron chi connectivity index (χ1n) is 4.84. The summed E-state index contributed by atoms with van der Waals surface area (Å²) in [7, 11) is -1.34. The van der Waals surface area contributed by atoms with Crippen LogP contribution in [-0.2, 0) is 0 Å². The second kappa shape index (κ2) is 7.57. The molecule has 2 heterocycles. The van der Waals surface area contributed by atoms with Crippen molar-refractivity contribution < 1.29 is 10.0 Å². The topological polar surface area (TPSA) is 40.5 Å². The maximum Gasteiger partial charge on any atom is 0.499 e. The lowest BCUT2D eigenvalue weighted by Gasteiger charge is -1.87. The Morgan fingerprint density at radius 3 is 1.61 bits per heavy atom. The summed E-state index contributed by atoms with van der Waals surface area (Å²) in [6, 6.07) is 3.77. The molecule has 2 N–H and O–H groups in total. The van der Waals surface area contributed by atoms with Crippen LogP contribution < -0.4 is 4.78 Å². The summed E-state index contributed by atoms with van der Waals surface area (Å²) in [4.78, 5) is 2.37. The predicted molar refractivity (Wildman–Crippen MR) is 91.0 cm³/mol. The SMILES string of the molecule is Cc1sc(B(O)O)cc1Br.Cc1sc(Br)cc1Br. The van der Waals surface area contributed by atoms with Gasteiger partial charge in [-0.05, 0) is 73.8 Å². The molecule has 0 radical (unpaired) electrons. The van der Waals surface area contributed by atoms with Crippen LogP contribution >= 0.6 is 70.5 Å². The Morgan fingerprint density at radius 1 is 0.944 bits per heavy atom. The third kappa shape index (κ3) is 5.07. The van der Waals surface area contributed by atoms with Gasteiger partial charge in [-0.1, -0.05) is 0 Å². The zero-order valence-corrected chi connectivity index (χ0v) is 16.0. The van der Waals surface area contributed by atoms with Crippen LogP contribution in [0.4, 0.5) is 0 Å². The molecule has 0 aliphatic rings. The zero-order chi connectivity index (χ0) is 13.9. The highest BCUT2D eigenvalue weighted by molar-refractivity contribution is 9.11. The first kappa shape index (κ1) is 16.9. The van der Waals surface area contributed by atoms with E-state index in [4.69, 9.17) is 10.0 Å². The first-order valence-corrected chi connectivity index (χ1v) is 8.86. The van der Waals surface area contributed by atoms with Gasteiger partial charge in [0.1, 0.15) is 0 Å². The fourth-order valence-electron chi connectivity index (χ4n) is 1.03. The molecule has 0 saturated heterocycles. The van der Waals surface area contributed by atoms with Crippen molar-refractivity contribution in [3.63, 3.8) is 0 Å². The number of rotatable bonds is 1. The average Bonchev–Trinajstić information content (AvgIpc) is 2.73. The molecule has 0 fully saturated rings. The molecule has 0 aliphatic heterocycles. The Kier molecular flexibility index (Phi) is 7.09. The molecule has 2 nitrogen and oxygen atoms in total. The maximum absolute atomic E-state index is 8.71. The molecule has 8 heteroatoms. The van der Waals surface area contributed by atoms with Crippen molar-refractivity contribution in [1.82, 2.24) is 0 Å². The largest absolute Gasteiger partial charge is 0.499 e. The van der Waals surface area contributed by atoms with Crippen molar-refractivity contribution in [3.8, 4) is 0 Å². The standard InChI is InChI=1S/C5H6BBrO2S.C5H4Br2S/c1-3-4(7)2-5(10-3)6(8)9;1-3-4(6)2-5(7)8-3/h2,8-9H,1H3;2H,1H3. The second-order valence-electron chi connectivity index (χ2n) is 3.38. The third-order valence-electron chi connectivity index (χ3n) is 1.96. The first-order chi connectivity index (χ1) is 8.31. The van der Waals surface area contributed by atoms with Gasteiger partial charge in [0.15, 0.2) is 0 Å². The Bertz CT molecular complexity index is 486. The van der Waals surface area contributed by atoms with E-state index in [9.17, 15) is 0 Å². The Labute approximate surface area is 140 Å². The second-order valence-corrected chi connectivity index (χ2v) is 9.01. The predicted octanol–water partition coefficient (Wildman–Crippen LogP) is 4.08. The van der Waals surface area contributed by atoms with Crippen LogP contribution in [0.2, 0.25) is 0 Å². The summed E-state index contributed by atoms with van der Waals surface area (Å²) in [5.74, 6) is 0. The van der Waals surface area contributed by atoms with Crippen molar-refractivity contribution >= 4 is 82.4 Å². The van der Waals surface area contributed by atoms with Crippen molar-refractivity contribution in [3.05, 3.63) is 34.6 Å². The van der Waals surface area contributed by atoms with E-state index in [1.54, 1.807) is 17.4 Å². The molecular weight excluding hydrogens is 467 g/mol. The lowest BCUT2D eigenvalue weighted by Crippen LogP contribution is -2.26. The molecule has 0 aliphatic carbocycles. The summed E-state index contributed by atoms with van der Waals surface area (Å²) >= 11 is 13.2. The molecule has 0 unspecified atom stereocenters. The Morgan fingerprint density at radius 2 is 1.44 bits per heavy atom. The molecular formula is C10H10BBr3O2S2. The molecule has 0 bridgehead atoms. The Hall–Kier alpha value is 0.825. The highest BCUT2D eigenvalue weighted by Gasteiger charge is 2.14. The van der Waals surface area contributed by atoms with Gasteiger partial charge in [-0.3, -0.25) is 0 Å². The van der Waals surface area contributed by atoms with Gasteiger partial charge < -0.3 is 10.0 Å². The molecule has 0 aromatic carbocycles. The van der Waals surface area contributed by atoms with E-state index in [2.05, 4.69) is 60.8 Å². The highest BCUT2D eigenvalue weighted by Crippen LogP contribution is 2.29. The molecule has 0 spiro atoms. The number of halogens is 3. The lowest BCUT2D eigenvalue weighted by molar-refractivity contribution is 0.427. The van der Waals surface area contributed by atoms with Gasteiger partial charge >= 0.3 is 7.12 Å². The van der Waals surface area contributed by atoms with Crippen molar-refractivity contribution in [2.75, 3.05) is 0 Å². The smallest absolute Gasteiger partial charge is 0.423 e. The minimum atomic E-state index is -1.34. The number of thiophene rings is 2. The van der Waals surface area contributed by atoms with E-state index in [-0.39, 0.29) is 0 Å². The van der Waals surface area contributed by atoms with Gasteiger partial charge in [0, 0.05) is 23.5 Å². The molecule has 2 aromatic rings. The fraction of sp³-hybridized carbons (Fsp3) is 0.200. The summed E-state index contributed by atoms with van der Waals surface area (Å²) in [6.07, 6.45) is 0. The molecule has 0 saturated carbocycles. The van der Waals surface area contributed by atoms with E-state index < -0.39 is 7.12 Å². The van der Waals surface area contributed by atoms with Crippen LogP contribution in [0, 0.1) is 13.8 Å². The molecule has 2 rings (SSSR count). The maximum atomic E-state index is 8.71. The van der Waals surface area contributed by atoms with Crippen LogP contribution in [0.15, 0.2) is 24.9 Å². The fourth-order valence-corrected chi connectivity index (χ4v) is 4.98. The quantitative estimate of drug-likeness (QED) is 0.609. The van der Waals surface area contributed by atoms with E-state index >= 15 is 0 Å². The summed E-state index contributed by atoms with van der Waals surface area (Å²) in [6.45, 7) is 4.00. The van der Waals surface area contributed by atoms with E-state index in [0.717, 1.165) is 9.35 Å². The minimum Gasteiger partial charge on any atom is -0.423 e. The van der Waals surface area contributed by atoms with Crippen LogP contribution in [0.5, 0.6) is 0 Å². The third-order valence-corrected chi connectivity index (χ3v) is 6.77. The monoisotopic (exact) mass is 474 g/mol. The van der Waals surface area contributed by atoms with Gasteiger partial charge in [0.25, 0.3) is 0 Å². The summed E-state index contributed by atoms with van der Waals surface area (Å²) < 4.78 is 3.88. The highest BCUT2D eigenvalue weighted by atomic mass is 79.9. The van der Waals surface area contributed by atoms with Crippen LogP contribution in [0.1, 0.15) is 9.75 Å². The lowest BCUT2D eigenvalue weighted by atomic mass is 9.90. The van der Waals surface area contributed by atoms with Gasteiger partial charge in [-0.2, -0.15) is 0 Å². The van der Waals surface area contributed by atoms with E-state index in [1.807, 2.05) is 6.92 Å². The Balaban J connectivity index is 0.000000184. The molecule has 98 valence electrons. The van der Waals surface area contributed by atoms with Crippen molar-refractivity contribution in [1.29, 1.82) is 0 Å². The minimum absolute atomic E-state index is 0.573. The summed E-state index contributed by atoms with van der Waals surface area (Å²) in [5.41, 5.74) is 0. The van der Waals surface area contributed by atoms with Crippen molar-refractivity contribution in [2.24, 2.45) is 0 Å². The van der Waals surface area contributed by atoms with Gasteiger partial charge in [-0.15, -0.1) is 22.7 Å². The number of aryl methyl sites for hydroxylation is 2. The van der Waals surface area contributed by atoms with Crippen LogP contribution in [0.3, 0.4) is 0 Å². The molecule has 18 heavy (non-hydrogen) atoms. The molecule has 0 atom stereocenters. The number of hydrogen-bond donors (Lipinski definition) is 2. The van der Waals surface area contributed by atoms with Crippen molar-refractivity contribution in [2.45, 2.75) is 13.8 Å². The summed E-state index contributed by atoms with van der Waals surface area (Å²) in [5, 5.41) is 17.4. The zero-order valence-electron chi connectivity index (χ0n) is 9.58. The molecule has 2 aromatic heterocycles.